The Bertz CT molecular complexity index is 551. The fourth-order valence-corrected chi connectivity index (χ4v) is 2.87. The van der Waals surface area contributed by atoms with Crippen LogP contribution in [0.15, 0.2) is 30.3 Å². The Balaban J connectivity index is 1.92. The molecule has 0 aliphatic carbocycles. The number of amides is 2. The molecule has 0 spiro atoms. The highest BCUT2D eigenvalue weighted by Gasteiger charge is 2.37. The highest BCUT2D eigenvalue weighted by atomic mass is 16.2. The summed E-state index contributed by atoms with van der Waals surface area (Å²) >= 11 is 0. The molecule has 1 saturated heterocycles. The Labute approximate surface area is 145 Å². The third-order valence-electron chi connectivity index (χ3n) is 4.44. The Kier molecular flexibility index (Phi) is 6.37. The first-order valence-corrected chi connectivity index (χ1v) is 8.67. The lowest BCUT2D eigenvalue weighted by atomic mass is 9.95. The fraction of sp³-hybridized carbons (Fsp3) is 0.579. The van der Waals surface area contributed by atoms with E-state index in [1.807, 2.05) is 46.1 Å². The number of likely N-dealkylation sites (tertiary alicyclic amines) is 1. The maximum atomic E-state index is 12.5. The maximum Gasteiger partial charge on any atom is 0.227 e. The van der Waals surface area contributed by atoms with E-state index in [9.17, 15) is 9.59 Å². The molecule has 0 bridgehead atoms. The van der Waals surface area contributed by atoms with Crippen molar-refractivity contribution in [2.75, 3.05) is 33.7 Å². The molecule has 0 aromatic heterocycles. The number of carbonyl (C=O) groups excluding carboxylic acids is 2. The van der Waals surface area contributed by atoms with E-state index < -0.39 is 0 Å². The van der Waals surface area contributed by atoms with Gasteiger partial charge in [-0.25, -0.2) is 0 Å². The van der Waals surface area contributed by atoms with E-state index in [2.05, 4.69) is 22.3 Å². The molecule has 2 amide bonds. The van der Waals surface area contributed by atoms with E-state index in [4.69, 9.17) is 0 Å². The number of nitrogens with zero attached hydrogens (tertiary/aromatic N) is 2. The third kappa shape index (κ3) is 4.81. The van der Waals surface area contributed by atoms with E-state index in [0.29, 0.717) is 13.1 Å². The van der Waals surface area contributed by atoms with Crippen molar-refractivity contribution in [3.8, 4) is 0 Å². The number of rotatable bonds is 7. The van der Waals surface area contributed by atoms with Gasteiger partial charge in [0.2, 0.25) is 11.8 Å². The van der Waals surface area contributed by atoms with Crippen LogP contribution < -0.4 is 5.32 Å². The van der Waals surface area contributed by atoms with Crippen molar-refractivity contribution in [2.24, 2.45) is 11.8 Å². The topological polar surface area (TPSA) is 52.7 Å². The van der Waals surface area contributed by atoms with Crippen LogP contribution in [-0.2, 0) is 9.59 Å². The molecule has 1 aliphatic heterocycles. The smallest absolute Gasteiger partial charge is 0.227 e. The van der Waals surface area contributed by atoms with Crippen LogP contribution >= 0.6 is 0 Å². The number of hydrogen-bond acceptors (Lipinski definition) is 3. The van der Waals surface area contributed by atoms with E-state index >= 15 is 0 Å². The lowest BCUT2D eigenvalue weighted by Gasteiger charge is -2.40. The van der Waals surface area contributed by atoms with Gasteiger partial charge in [-0.15, -0.1) is 0 Å². The minimum Gasteiger partial charge on any atom is -0.349 e. The van der Waals surface area contributed by atoms with Crippen molar-refractivity contribution in [1.29, 1.82) is 0 Å². The molecule has 5 nitrogen and oxygen atoms in total. The summed E-state index contributed by atoms with van der Waals surface area (Å²) in [7, 11) is 4.07. The van der Waals surface area contributed by atoms with Crippen molar-refractivity contribution in [3.63, 3.8) is 0 Å². The second-order valence-corrected chi connectivity index (χ2v) is 7.16. The van der Waals surface area contributed by atoms with Gasteiger partial charge in [0.05, 0.1) is 12.0 Å². The SMILES string of the molecule is CC(C)C(=O)N1CC(C(=O)N[C@H](CCN(C)C)c2ccccc2)C1. The van der Waals surface area contributed by atoms with Crippen molar-refractivity contribution in [1.82, 2.24) is 15.1 Å². The largest absolute Gasteiger partial charge is 0.349 e. The summed E-state index contributed by atoms with van der Waals surface area (Å²) < 4.78 is 0. The molecule has 24 heavy (non-hydrogen) atoms. The Morgan fingerprint density at radius 1 is 1.21 bits per heavy atom. The zero-order valence-corrected chi connectivity index (χ0v) is 15.2. The van der Waals surface area contributed by atoms with Crippen LogP contribution in [0, 0.1) is 11.8 Å². The molecular weight excluding hydrogens is 302 g/mol. The maximum absolute atomic E-state index is 12.5. The molecule has 1 aromatic carbocycles. The molecule has 1 atom stereocenters. The van der Waals surface area contributed by atoms with Gasteiger partial charge in [0.15, 0.2) is 0 Å². The van der Waals surface area contributed by atoms with Crippen molar-refractivity contribution < 1.29 is 9.59 Å². The van der Waals surface area contributed by atoms with Gasteiger partial charge in [-0.2, -0.15) is 0 Å². The predicted molar refractivity (Wildman–Crippen MR) is 95.4 cm³/mol. The predicted octanol–water partition coefficient (Wildman–Crippen LogP) is 1.91. The first-order chi connectivity index (χ1) is 11.4. The fourth-order valence-electron chi connectivity index (χ4n) is 2.87. The first-order valence-electron chi connectivity index (χ1n) is 8.67. The summed E-state index contributed by atoms with van der Waals surface area (Å²) in [6, 6.07) is 10.1. The van der Waals surface area contributed by atoms with Crippen molar-refractivity contribution in [2.45, 2.75) is 26.3 Å². The normalized spacial score (nSPS) is 16.2. The minimum atomic E-state index is -0.0849. The van der Waals surface area contributed by atoms with Crippen LogP contribution in [0.25, 0.3) is 0 Å². The summed E-state index contributed by atoms with van der Waals surface area (Å²) in [5, 5.41) is 3.18. The molecule has 0 saturated carbocycles. The lowest BCUT2D eigenvalue weighted by Crippen LogP contribution is -2.57. The van der Waals surface area contributed by atoms with Gasteiger partial charge >= 0.3 is 0 Å². The highest BCUT2D eigenvalue weighted by Crippen LogP contribution is 2.22. The number of carbonyl (C=O) groups is 2. The monoisotopic (exact) mass is 331 g/mol. The molecule has 1 heterocycles. The zero-order valence-electron chi connectivity index (χ0n) is 15.2. The number of nitrogens with one attached hydrogen (secondary N) is 1. The third-order valence-corrected chi connectivity index (χ3v) is 4.44. The highest BCUT2D eigenvalue weighted by molar-refractivity contribution is 5.85. The van der Waals surface area contributed by atoms with Gasteiger partial charge in [-0.3, -0.25) is 9.59 Å². The van der Waals surface area contributed by atoms with Crippen LogP contribution in [0.3, 0.4) is 0 Å². The standard InChI is InChI=1S/C19H29N3O2/c1-14(2)19(24)22-12-16(13-22)18(23)20-17(10-11-21(3)4)15-8-6-5-7-9-15/h5-9,14,16-17H,10-13H2,1-4H3,(H,20,23)/t17-/m1/s1. The summed E-state index contributed by atoms with van der Waals surface area (Å²) in [5.74, 6) is 0.0890. The molecule has 1 fully saturated rings. The average Bonchev–Trinajstić information content (AvgIpc) is 2.50. The lowest BCUT2D eigenvalue weighted by molar-refractivity contribution is -0.145. The van der Waals surface area contributed by atoms with E-state index in [-0.39, 0.29) is 29.7 Å². The van der Waals surface area contributed by atoms with E-state index in [0.717, 1.165) is 18.5 Å². The molecule has 132 valence electrons. The van der Waals surface area contributed by atoms with Gasteiger partial charge in [0.25, 0.3) is 0 Å². The summed E-state index contributed by atoms with van der Waals surface area (Å²) in [4.78, 5) is 28.3. The van der Waals surface area contributed by atoms with Gasteiger partial charge in [0.1, 0.15) is 0 Å². The Hall–Kier alpha value is -1.88. The van der Waals surface area contributed by atoms with Gasteiger partial charge in [-0.1, -0.05) is 44.2 Å². The second-order valence-electron chi connectivity index (χ2n) is 7.16. The van der Waals surface area contributed by atoms with E-state index in [1.165, 1.54) is 0 Å². The molecule has 1 aromatic rings. The molecule has 0 unspecified atom stereocenters. The number of benzene rings is 1. The number of hydrogen-bond donors (Lipinski definition) is 1. The minimum absolute atomic E-state index is 0.00818. The zero-order chi connectivity index (χ0) is 17.7. The molecule has 1 N–H and O–H groups in total. The van der Waals surface area contributed by atoms with Crippen LogP contribution in [0.2, 0.25) is 0 Å². The second kappa shape index (κ2) is 8.29. The van der Waals surface area contributed by atoms with Crippen LogP contribution in [0.5, 0.6) is 0 Å². The summed E-state index contributed by atoms with van der Waals surface area (Å²) in [5.41, 5.74) is 1.13. The Morgan fingerprint density at radius 2 is 1.83 bits per heavy atom. The molecule has 2 rings (SSSR count). The molecule has 1 aliphatic rings. The average molecular weight is 331 g/mol. The van der Waals surface area contributed by atoms with Crippen molar-refractivity contribution >= 4 is 11.8 Å². The Morgan fingerprint density at radius 3 is 2.38 bits per heavy atom. The summed E-state index contributed by atoms with van der Waals surface area (Å²) in [6.45, 7) is 5.77. The first kappa shape index (κ1) is 18.5. The molecular formula is C19H29N3O2. The van der Waals surface area contributed by atoms with Crippen LogP contribution in [0.4, 0.5) is 0 Å². The quantitative estimate of drug-likeness (QED) is 0.830. The van der Waals surface area contributed by atoms with Gasteiger partial charge < -0.3 is 15.1 Å². The van der Waals surface area contributed by atoms with Crippen molar-refractivity contribution in [3.05, 3.63) is 35.9 Å². The van der Waals surface area contributed by atoms with Gasteiger partial charge in [0, 0.05) is 19.0 Å². The van der Waals surface area contributed by atoms with Crippen LogP contribution in [0.1, 0.15) is 31.9 Å². The van der Waals surface area contributed by atoms with Crippen LogP contribution in [-0.4, -0.2) is 55.3 Å². The summed E-state index contributed by atoms with van der Waals surface area (Å²) in [6.07, 6.45) is 0.865. The van der Waals surface area contributed by atoms with E-state index in [1.54, 1.807) is 4.90 Å². The van der Waals surface area contributed by atoms with Gasteiger partial charge in [-0.05, 0) is 32.6 Å². The molecule has 0 radical (unpaired) electrons. The molecule has 5 heteroatoms.